The summed E-state index contributed by atoms with van der Waals surface area (Å²) in [6.45, 7) is 0.344. The Hall–Kier alpha value is -4.00. The first-order chi connectivity index (χ1) is 14.7. The average molecular weight is 403 g/mol. The van der Waals surface area contributed by atoms with E-state index in [0.29, 0.717) is 35.1 Å². The minimum Gasteiger partial charge on any atom is -0.497 e. The minimum absolute atomic E-state index is 0.245. The van der Waals surface area contributed by atoms with Crippen molar-refractivity contribution in [3.05, 3.63) is 84.3 Å². The van der Waals surface area contributed by atoms with Crippen LogP contribution in [0.4, 0.5) is 5.69 Å². The van der Waals surface area contributed by atoms with Crippen molar-refractivity contribution >= 4 is 17.2 Å². The summed E-state index contributed by atoms with van der Waals surface area (Å²) in [6, 6.07) is 18.0. The fourth-order valence-electron chi connectivity index (χ4n) is 3.01. The van der Waals surface area contributed by atoms with Crippen LogP contribution in [0.5, 0.6) is 17.2 Å². The normalized spacial score (nSPS) is 10.6. The monoisotopic (exact) mass is 403 g/mol. The standard InChI is InChI=1S/C23H21N3O4/c1-28-19-10-11-20(21(13-19)29-2)25-23(27)16-6-8-18(9-7-16)30-15-17-14-26-12-4-3-5-22(26)24-17/h3-14H,15H2,1-2H3,(H,25,27). The molecule has 0 bridgehead atoms. The molecule has 4 rings (SSSR count). The molecule has 7 nitrogen and oxygen atoms in total. The zero-order chi connectivity index (χ0) is 20.9. The molecule has 0 saturated carbocycles. The van der Waals surface area contributed by atoms with Crippen molar-refractivity contribution in [3.8, 4) is 17.2 Å². The van der Waals surface area contributed by atoms with E-state index in [2.05, 4.69) is 10.3 Å². The Morgan fingerprint density at radius 2 is 1.80 bits per heavy atom. The first-order valence-electron chi connectivity index (χ1n) is 9.35. The van der Waals surface area contributed by atoms with Crippen LogP contribution >= 0.6 is 0 Å². The van der Waals surface area contributed by atoms with E-state index in [1.54, 1.807) is 56.7 Å². The molecule has 2 aromatic heterocycles. The van der Waals surface area contributed by atoms with E-state index in [9.17, 15) is 4.79 Å². The Balaban J connectivity index is 1.39. The molecule has 0 saturated heterocycles. The number of nitrogens with zero attached hydrogens (tertiary/aromatic N) is 2. The van der Waals surface area contributed by atoms with Gasteiger partial charge in [0.1, 0.15) is 29.5 Å². The van der Waals surface area contributed by atoms with Crippen LogP contribution in [0, 0.1) is 0 Å². The van der Waals surface area contributed by atoms with Gasteiger partial charge in [0.15, 0.2) is 0 Å². The number of hydrogen-bond acceptors (Lipinski definition) is 5. The summed E-state index contributed by atoms with van der Waals surface area (Å²) in [6.07, 6.45) is 3.87. The van der Waals surface area contributed by atoms with E-state index >= 15 is 0 Å². The largest absolute Gasteiger partial charge is 0.497 e. The molecule has 0 aliphatic carbocycles. The van der Waals surface area contributed by atoms with E-state index in [1.807, 2.05) is 35.0 Å². The van der Waals surface area contributed by atoms with Crippen molar-refractivity contribution < 1.29 is 19.0 Å². The summed E-state index contributed by atoms with van der Waals surface area (Å²) in [4.78, 5) is 17.1. The maximum Gasteiger partial charge on any atom is 0.255 e. The summed E-state index contributed by atoms with van der Waals surface area (Å²) >= 11 is 0. The number of nitrogens with one attached hydrogen (secondary N) is 1. The van der Waals surface area contributed by atoms with Crippen LogP contribution < -0.4 is 19.5 Å². The van der Waals surface area contributed by atoms with Gasteiger partial charge in [-0.2, -0.15) is 0 Å². The Morgan fingerprint density at radius 3 is 2.53 bits per heavy atom. The highest BCUT2D eigenvalue weighted by atomic mass is 16.5. The number of imidazole rings is 1. The van der Waals surface area contributed by atoms with Crippen LogP contribution in [0.2, 0.25) is 0 Å². The zero-order valence-corrected chi connectivity index (χ0v) is 16.7. The fraction of sp³-hybridized carbons (Fsp3) is 0.130. The maximum atomic E-state index is 12.6. The van der Waals surface area contributed by atoms with Crippen molar-refractivity contribution in [1.29, 1.82) is 0 Å². The van der Waals surface area contributed by atoms with Gasteiger partial charge in [0.05, 0.1) is 25.6 Å². The molecule has 0 atom stereocenters. The maximum absolute atomic E-state index is 12.6. The molecule has 1 amide bonds. The molecule has 4 aromatic rings. The highest BCUT2D eigenvalue weighted by Gasteiger charge is 2.11. The zero-order valence-electron chi connectivity index (χ0n) is 16.7. The third-order valence-corrected chi connectivity index (χ3v) is 4.57. The number of amides is 1. The molecule has 1 N–H and O–H groups in total. The fourth-order valence-corrected chi connectivity index (χ4v) is 3.01. The van der Waals surface area contributed by atoms with Gasteiger partial charge in [-0.3, -0.25) is 4.79 Å². The second-order valence-electron chi connectivity index (χ2n) is 6.53. The first kappa shape index (κ1) is 19.3. The Labute approximate surface area is 173 Å². The van der Waals surface area contributed by atoms with Gasteiger partial charge >= 0.3 is 0 Å². The molecule has 152 valence electrons. The summed E-state index contributed by atoms with van der Waals surface area (Å²) in [5.41, 5.74) is 2.77. The molecule has 0 spiro atoms. The quantitative estimate of drug-likeness (QED) is 0.501. The molecule has 2 aromatic carbocycles. The molecule has 0 radical (unpaired) electrons. The Kier molecular flexibility index (Phi) is 5.52. The third-order valence-electron chi connectivity index (χ3n) is 4.57. The Bertz CT molecular complexity index is 1140. The predicted molar refractivity (Wildman–Crippen MR) is 113 cm³/mol. The van der Waals surface area contributed by atoms with Crippen molar-refractivity contribution in [2.45, 2.75) is 6.61 Å². The second kappa shape index (κ2) is 8.57. The van der Waals surface area contributed by atoms with Gasteiger partial charge in [-0.15, -0.1) is 0 Å². The summed E-state index contributed by atoms with van der Waals surface area (Å²) in [5.74, 6) is 1.59. The molecule has 30 heavy (non-hydrogen) atoms. The number of anilines is 1. The molecule has 0 unspecified atom stereocenters. The van der Waals surface area contributed by atoms with Crippen LogP contribution in [0.1, 0.15) is 16.1 Å². The Morgan fingerprint density at radius 1 is 1.00 bits per heavy atom. The molecular formula is C23H21N3O4. The van der Waals surface area contributed by atoms with Gasteiger partial charge in [0.25, 0.3) is 5.91 Å². The van der Waals surface area contributed by atoms with Crippen molar-refractivity contribution in [1.82, 2.24) is 9.38 Å². The molecule has 0 fully saturated rings. The SMILES string of the molecule is COc1ccc(NC(=O)c2ccc(OCc3cn4ccccc4n3)cc2)c(OC)c1. The summed E-state index contributed by atoms with van der Waals surface area (Å²) in [5, 5.41) is 2.85. The lowest BCUT2D eigenvalue weighted by atomic mass is 10.2. The van der Waals surface area contributed by atoms with Crippen LogP contribution in [0.25, 0.3) is 5.65 Å². The number of rotatable bonds is 7. The number of hydrogen-bond donors (Lipinski definition) is 1. The summed E-state index contributed by atoms with van der Waals surface area (Å²) < 4.78 is 18.2. The average Bonchev–Trinajstić information content (AvgIpc) is 3.21. The van der Waals surface area contributed by atoms with Crippen molar-refractivity contribution in [3.63, 3.8) is 0 Å². The van der Waals surface area contributed by atoms with Crippen LogP contribution in [0.15, 0.2) is 73.1 Å². The molecule has 0 aliphatic rings. The minimum atomic E-state index is -0.245. The summed E-state index contributed by atoms with van der Waals surface area (Å²) in [7, 11) is 3.12. The molecule has 7 heteroatoms. The number of methoxy groups -OCH3 is 2. The predicted octanol–water partition coefficient (Wildman–Crippen LogP) is 4.18. The van der Waals surface area contributed by atoms with E-state index in [0.717, 1.165) is 11.3 Å². The lowest BCUT2D eigenvalue weighted by Crippen LogP contribution is -2.12. The number of pyridine rings is 1. The van der Waals surface area contributed by atoms with Gasteiger partial charge in [0, 0.05) is 24.0 Å². The number of carbonyl (C=O) groups is 1. The lowest BCUT2D eigenvalue weighted by Gasteiger charge is -2.12. The van der Waals surface area contributed by atoms with E-state index in [4.69, 9.17) is 14.2 Å². The van der Waals surface area contributed by atoms with Gasteiger partial charge < -0.3 is 23.9 Å². The third kappa shape index (κ3) is 4.20. The van der Waals surface area contributed by atoms with Gasteiger partial charge in [-0.1, -0.05) is 6.07 Å². The number of carbonyl (C=O) groups excluding carboxylic acids is 1. The molecular weight excluding hydrogens is 382 g/mol. The highest BCUT2D eigenvalue weighted by molar-refractivity contribution is 6.05. The van der Waals surface area contributed by atoms with E-state index in [-0.39, 0.29) is 5.91 Å². The second-order valence-corrected chi connectivity index (χ2v) is 6.53. The van der Waals surface area contributed by atoms with Gasteiger partial charge in [-0.25, -0.2) is 4.98 Å². The highest BCUT2D eigenvalue weighted by Crippen LogP contribution is 2.29. The number of ether oxygens (including phenoxy) is 3. The smallest absolute Gasteiger partial charge is 0.255 e. The number of fused-ring (bicyclic) bond motifs is 1. The van der Waals surface area contributed by atoms with Crippen LogP contribution in [0.3, 0.4) is 0 Å². The van der Waals surface area contributed by atoms with Crippen LogP contribution in [-0.4, -0.2) is 29.5 Å². The van der Waals surface area contributed by atoms with Crippen molar-refractivity contribution in [2.24, 2.45) is 0 Å². The molecule has 0 aliphatic heterocycles. The van der Waals surface area contributed by atoms with E-state index in [1.165, 1.54) is 0 Å². The van der Waals surface area contributed by atoms with Gasteiger partial charge in [-0.05, 0) is 48.5 Å². The van der Waals surface area contributed by atoms with E-state index < -0.39 is 0 Å². The van der Waals surface area contributed by atoms with Crippen LogP contribution in [-0.2, 0) is 6.61 Å². The topological polar surface area (TPSA) is 74.1 Å². The lowest BCUT2D eigenvalue weighted by molar-refractivity contribution is 0.102. The van der Waals surface area contributed by atoms with Gasteiger partial charge in [0.2, 0.25) is 0 Å². The molecule has 2 heterocycles. The number of aromatic nitrogens is 2. The first-order valence-corrected chi connectivity index (χ1v) is 9.35. The van der Waals surface area contributed by atoms with Crippen molar-refractivity contribution in [2.75, 3.05) is 19.5 Å². The number of benzene rings is 2.